The first-order valence-electron chi connectivity index (χ1n) is 8.90. The second kappa shape index (κ2) is 8.84. The first kappa shape index (κ1) is 19.8. The largest absolute Gasteiger partial charge is 0.494 e. The van der Waals surface area contributed by atoms with Gasteiger partial charge in [-0.15, -0.1) is 0 Å². The highest BCUT2D eigenvalue weighted by atomic mass is 35.5. The van der Waals surface area contributed by atoms with Crippen molar-refractivity contribution >= 4 is 23.4 Å². The molecule has 2 unspecified atom stereocenters. The molecule has 0 saturated heterocycles. The lowest BCUT2D eigenvalue weighted by Gasteiger charge is -2.16. The van der Waals surface area contributed by atoms with Gasteiger partial charge in [0.2, 0.25) is 0 Å². The van der Waals surface area contributed by atoms with Crippen molar-refractivity contribution in [3.63, 3.8) is 0 Å². The third-order valence-electron chi connectivity index (χ3n) is 4.12. The van der Waals surface area contributed by atoms with Crippen LogP contribution in [0, 0.1) is 0 Å². The molecule has 2 atom stereocenters. The van der Waals surface area contributed by atoms with E-state index in [2.05, 4.69) is 10.9 Å². The SMILES string of the molecule is CCOc1ccc(OC(C)C(=O)NNC(=O)C2Cc3cc(Cl)ccc3O2)cc1. The van der Waals surface area contributed by atoms with Crippen LogP contribution in [0.15, 0.2) is 42.5 Å². The summed E-state index contributed by atoms with van der Waals surface area (Å²) < 4.78 is 16.5. The highest BCUT2D eigenvalue weighted by Gasteiger charge is 2.29. The van der Waals surface area contributed by atoms with Gasteiger partial charge in [-0.05, 0) is 61.9 Å². The van der Waals surface area contributed by atoms with Crippen molar-refractivity contribution in [2.24, 2.45) is 0 Å². The molecule has 1 aliphatic rings. The van der Waals surface area contributed by atoms with E-state index in [1.807, 2.05) is 6.92 Å². The van der Waals surface area contributed by atoms with Crippen molar-refractivity contribution in [3.05, 3.63) is 53.1 Å². The van der Waals surface area contributed by atoms with E-state index >= 15 is 0 Å². The number of hydrogen-bond donors (Lipinski definition) is 2. The molecule has 7 nitrogen and oxygen atoms in total. The second-order valence-electron chi connectivity index (χ2n) is 6.21. The van der Waals surface area contributed by atoms with Gasteiger partial charge in [-0.1, -0.05) is 11.6 Å². The Hall–Kier alpha value is -2.93. The molecule has 3 rings (SSSR count). The maximum Gasteiger partial charge on any atom is 0.279 e. The molecule has 2 amide bonds. The van der Waals surface area contributed by atoms with Crippen molar-refractivity contribution < 1.29 is 23.8 Å². The van der Waals surface area contributed by atoms with Crippen molar-refractivity contribution in [1.29, 1.82) is 0 Å². The summed E-state index contributed by atoms with van der Waals surface area (Å²) in [6.45, 7) is 4.05. The van der Waals surface area contributed by atoms with Crippen LogP contribution in [0.2, 0.25) is 5.02 Å². The number of halogens is 1. The van der Waals surface area contributed by atoms with Crippen LogP contribution in [0.25, 0.3) is 0 Å². The molecule has 1 aliphatic heterocycles. The van der Waals surface area contributed by atoms with E-state index in [-0.39, 0.29) is 0 Å². The number of amides is 2. The van der Waals surface area contributed by atoms with Crippen LogP contribution in [0.3, 0.4) is 0 Å². The molecule has 28 heavy (non-hydrogen) atoms. The molecule has 2 N–H and O–H groups in total. The fourth-order valence-corrected chi connectivity index (χ4v) is 2.90. The molecule has 0 fully saturated rings. The quantitative estimate of drug-likeness (QED) is 0.723. The van der Waals surface area contributed by atoms with Crippen LogP contribution in [0.4, 0.5) is 0 Å². The van der Waals surface area contributed by atoms with E-state index in [1.165, 1.54) is 0 Å². The fourth-order valence-electron chi connectivity index (χ4n) is 2.71. The number of carbonyl (C=O) groups is 2. The summed E-state index contributed by atoms with van der Waals surface area (Å²) in [6, 6.07) is 12.1. The Kier molecular flexibility index (Phi) is 6.26. The monoisotopic (exact) mass is 404 g/mol. The number of ether oxygens (including phenoxy) is 3. The minimum atomic E-state index is -0.807. The van der Waals surface area contributed by atoms with Gasteiger partial charge in [0.25, 0.3) is 11.8 Å². The average Bonchev–Trinajstić information content (AvgIpc) is 3.10. The van der Waals surface area contributed by atoms with Crippen LogP contribution < -0.4 is 25.1 Å². The lowest BCUT2D eigenvalue weighted by atomic mass is 10.1. The Morgan fingerprint density at radius 3 is 2.61 bits per heavy atom. The standard InChI is InChI=1S/C20H21ClN2O5/c1-3-26-15-5-7-16(8-6-15)27-12(2)19(24)22-23-20(25)18-11-13-10-14(21)4-9-17(13)28-18/h4-10,12,18H,3,11H2,1-2H3,(H,22,24)(H,23,25). The average molecular weight is 405 g/mol. The van der Waals surface area contributed by atoms with Gasteiger partial charge in [0.05, 0.1) is 6.61 Å². The summed E-state index contributed by atoms with van der Waals surface area (Å²) >= 11 is 5.95. The summed E-state index contributed by atoms with van der Waals surface area (Å²) in [7, 11) is 0. The van der Waals surface area contributed by atoms with Gasteiger partial charge in [-0.25, -0.2) is 0 Å². The van der Waals surface area contributed by atoms with Gasteiger partial charge in [-0.3, -0.25) is 20.4 Å². The Morgan fingerprint density at radius 1 is 1.18 bits per heavy atom. The van der Waals surface area contributed by atoms with Crippen molar-refractivity contribution in [2.45, 2.75) is 32.5 Å². The molecule has 0 saturated carbocycles. The Labute approximate surface area is 167 Å². The van der Waals surface area contributed by atoms with Crippen molar-refractivity contribution in [1.82, 2.24) is 10.9 Å². The molecule has 148 valence electrons. The van der Waals surface area contributed by atoms with Crippen LogP contribution in [-0.4, -0.2) is 30.6 Å². The molecule has 2 aromatic carbocycles. The van der Waals surface area contributed by atoms with E-state index in [9.17, 15) is 9.59 Å². The maximum absolute atomic E-state index is 12.2. The molecule has 0 radical (unpaired) electrons. The van der Waals surface area contributed by atoms with Crippen LogP contribution >= 0.6 is 11.6 Å². The third kappa shape index (κ3) is 4.86. The summed E-state index contributed by atoms with van der Waals surface area (Å²) in [5, 5.41) is 0.581. The van der Waals surface area contributed by atoms with E-state index < -0.39 is 24.0 Å². The molecule has 0 bridgehead atoms. The minimum absolute atomic E-state index is 0.385. The Balaban J connectivity index is 1.46. The second-order valence-corrected chi connectivity index (χ2v) is 6.64. The van der Waals surface area contributed by atoms with Gasteiger partial charge in [0, 0.05) is 11.4 Å². The first-order chi connectivity index (χ1) is 13.5. The molecular formula is C20H21ClN2O5. The minimum Gasteiger partial charge on any atom is -0.494 e. The maximum atomic E-state index is 12.2. The molecule has 1 heterocycles. The molecule has 8 heteroatoms. The number of carbonyl (C=O) groups excluding carboxylic acids is 2. The van der Waals surface area contributed by atoms with Crippen LogP contribution in [0.5, 0.6) is 17.2 Å². The number of hydrazine groups is 1. The zero-order chi connectivity index (χ0) is 20.1. The number of benzene rings is 2. The van der Waals surface area contributed by atoms with Crippen LogP contribution in [0.1, 0.15) is 19.4 Å². The topological polar surface area (TPSA) is 85.9 Å². The van der Waals surface area contributed by atoms with Gasteiger partial charge in [0.15, 0.2) is 12.2 Å². The number of hydrogen-bond acceptors (Lipinski definition) is 5. The van der Waals surface area contributed by atoms with Gasteiger partial charge in [0.1, 0.15) is 17.2 Å². The van der Waals surface area contributed by atoms with Gasteiger partial charge >= 0.3 is 0 Å². The number of rotatable bonds is 6. The Morgan fingerprint density at radius 2 is 1.89 bits per heavy atom. The summed E-state index contributed by atoms with van der Waals surface area (Å²) in [5.74, 6) is 0.916. The normalized spacial score (nSPS) is 15.8. The zero-order valence-electron chi connectivity index (χ0n) is 15.5. The number of nitrogens with one attached hydrogen (secondary N) is 2. The third-order valence-corrected chi connectivity index (χ3v) is 4.35. The van der Waals surface area contributed by atoms with Crippen molar-refractivity contribution in [3.8, 4) is 17.2 Å². The molecular weight excluding hydrogens is 384 g/mol. The highest BCUT2D eigenvalue weighted by Crippen LogP contribution is 2.31. The highest BCUT2D eigenvalue weighted by molar-refractivity contribution is 6.30. The smallest absolute Gasteiger partial charge is 0.279 e. The molecule has 2 aromatic rings. The molecule has 0 aromatic heterocycles. The first-order valence-corrected chi connectivity index (χ1v) is 9.28. The molecule has 0 aliphatic carbocycles. The lowest BCUT2D eigenvalue weighted by Crippen LogP contribution is -2.51. The van der Waals surface area contributed by atoms with E-state index in [0.717, 1.165) is 11.3 Å². The predicted octanol–water partition coefficient (Wildman–Crippen LogP) is 2.66. The van der Waals surface area contributed by atoms with Gasteiger partial charge in [-0.2, -0.15) is 0 Å². The van der Waals surface area contributed by atoms with Crippen molar-refractivity contribution in [2.75, 3.05) is 6.61 Å². The van der Waals surface area contributed by atoms with Crippen LogP contribution in [-0.2, 0) is 16.0 Å². The van der Waals surface area contributed by atoms with E-state index in [4.69, 9.17) is 25.8 Å². The summed E-state index contributed by atoms with van der Waals surface area (Å²) in [5.41, 5.74) is 5.58. The summed E-state index contributed by atoms with van der Waals surface area (Å²) in [6.07, 6.45) is -1.15. The molecule has 0 spiro atoms. The number of fused-ring (bicyclic) bond motifs is 1. The lowest BCUT2D eigenvalue weighted by molar-refractivity contribution is -0.135. The predicted molar refractivity (Wildman–Crippen MR) is 104 cm³/mol. The zero-order valence-corrected chi connectivity index (χ0v) is 16.3. The van der Waals surface area contributed by atoms with Gasteiger partial charge < -0.3 is 14.2 Å². The van der Waals surface area contributed by atoms with E-state index in [1.54, 1.807) is 49.4 Å². The van der Waals surface area contributed by atoms with E-state index in [0.29, 0.717) is 29.5 Å². The Bertz CT molecular complexity index is 856. The summed E-state index contributed by atoms with van der Waals surface area (Å²) in [4.78, 5) is 24.4. The fraction of sp³-hybridized carbons (Fsp3) is 0.300.